The van der Waals surface area contributed by atoms with Crippen LogP contribution in [0.15, 0.2) is 35.4 Å². The Morgan fingerprint density at radius 3 is 3.11 bits per heavy atom. The van der Waals surface area contributed by atoms with E-state index in [1.807, 2.05) is 24.0 Å². The molecule has 9 heteroatoms. The van der Waals surface area contributed by atoms with Gasteiger partial charge in [0.2, 0.25) is 0 Å². The second-order valence-electron chi connectivity index (χ2n) is 6.85. The van der Waals surface area contributed by atoms with E-state index in [-0.39, 0.29) is 17.6 Å². The maximum Gasteiger partial charge on any atom is 0.347 e. The summed E-state index contributed by atoms with van der Waals surface area (Å²) in [5.74, 6) is 1.03. The molecule has 1 atom stereocenters. The van der Waals surface area contributed by atoms with Crippen LogP contribution < -0.4 is 20.6 Å². The van der Waals surface area contributed by atoms with Crippen LogP contribution in [0.25, 0.3) is 5.65 Å². The van der Waals surface area contributed by atoms with Gasteiger partial charge in [-0.2, -0.15) is 5.10 Å². The summed E-state index contributed by atoms with van der Waals surface area (Å²) >= 11 is 0. The summed E-state index contributed by atoms with van der Waals surface area (Å²) in [5, 5.41) is 9.41. The van der Waals surface area contributed by atoms with E-state index in [0.29, 0.717) is 35.9 Å². The highest BCUT2D eigenvalue weighted by Gasteiger charge is 2.23. The summed E-state index contributed by atoms with van der Waals surface area (Å²) in [7, 11) is 0. The van der Waals surface area contributed by atoms with E-state index in [0.717, 1.165) is 18.5 Å². The number of nitrogens with one attached hydrogen (secondary N) is 2. The Labute approximate surface area is 161 Å². The van der Waals surface area contributed by atoms with Gasteiger partial charge in [-0.05, 0) is 25.5 Å². The maximum atomic E-state index is 12.5. The molecule has 3 aromatic heterocycles. The first-order valence-corrected chi connectivity index (χ1v) is 9.35. The molecular formula is C19H22N6O3. The van der Waals surface area contributed by atoms with Crippen molar-refractivity contribution in [3.8, 4) is 5.75 Å². The molecule has 0 fully saturated rings. The summed E-state index contributed by atoms with van der Waals surface area (Å²) in [6.45, 7) is 5.14. The number of amides is 1. The van der Waals surface area contributed by atoms with Crippen molar-refractivity contribution < 1.29 is 9.53 Å². The first kappa shape index (κ1) is 18.0. The van der Waals surface area contributed by atoms with Gasteiger partial charge in [-0.1, -0.05) is 13.3 Å². The maximum absolute atomic E-state index is 12.5. The first-order valence-electron chi connectivity index (χ1n) is 9.35. The minimum Gasteiger partial charge on any atom is -0.488 e. The zero-order valence-electron chi connectivity index (χ0n) is 15.8. The summed E-state index contributed by atoms with van der Waals surface area (Å²) in [4.78, 5) is 30.6. The summed E-state index contributed by atoms with van der Waals surface area (Å²) in [6.07, 6.45) is 5.16. The van der Waals surface area contributed by atoms with Crippen LogP contribution in [0.5, 0.6) is 5.75 Å². The third kappa shape index (κ3) is 3.30. The zero-order chi connectivity index (χ0) is 19.7. The average Bonchev–Trinajstić information content (AvgIpc) is 3.07. The van der Waals surface area contributed by atoms with Crippen LogP contribution in [0.3, 0.4) is 0 Å². The van der Waals surface area contributed by atoms with Gasteiger partial charge in [0.05, 0.1) is 12.1 Å². The predicted molar refractivity (Wildman–Crippen MR) is 104 cm³/mol. The van der Waals surface area contributed by atoms with E-state index < -0.39 is 0 Å². The Bertz CT molecular complexity index is 1070. The first-order chi connectivity index (χ1) is 13.6. The van der Waals surface area contributed by atoms with Crippen LogP contribution in [-0.4, -0.2) is 44.7 Å². The lowest BCUT2D eigenvalue weighted by atomic mass is 10.1. The van der Waals surface area contributed by atoms with Crippen molar-refractivity contribution in [3.63, 3.8) is 0 Å². The number of rotatable bonds is 5. The van der Waals surface area contributed by atoms with Gasteiger partial charge in [0, 0.05) is 30.2 Å². The predicted octanol–water partition coefficient (Wildman–Crippen LogP) is 1.87. The summed E-state index contributed by atoms with van der Waals surface area (Å²) < 4.78 is 7.18. The fourth-order valence-electron chi connectivity index (χ4n) is 3.35. The number of nitrogens with zero attached hydrogens (tertiary/aromatic N) is 4. The molecule has 3 aromatic rings. The molecule has 1 aliphatic rings. The molecule has 4 heterocycles. The molecule has 0 saturated carbocycles. The molecule has 0 radical (unpaired) electrons. The number of carbonyl (C=O) groups excluding carboxylic acids is 1. The SMILES string of the molecule is CCC[C@@H](C)NC(=O)c1cnc2c(c1)OCCN2c1ccn2c(=O)[nH]nc2c1. The molecule has 1 amide bonds. The molecule has 1 aliphatic heterocycles. The van der Waals surface area contributed by atoms with Crippen LogP contribution in [0.4, 0.5) is 11.5 Å². The van der Waals surface area contributed by atoms with Crippen molar-refractivity contribution in [1.82, 2.24) is 24.9 Å². The van der Waals surface area contributed by atoms with Gasteiger partial charge in [-0.25, -0.2) is 14.9 Å². The zero-order valence-corrected chi connectivity index (χ0v) is 15.8. The Morgan fingerprint density at radius 1 is 1.43 bits per heavy atom. The molecule has 146 valence electrons. The topological polar surface area (TPSA) is 105 Å². The van der Waals surface area contributed by atoms with E-state index in [4.69, 9.17) is 4.74 Å². The van der Waals surface area contributed by atoms with Crippen molar-refractivity contribution in [1.29, 1.82) is 0 Å². The van der Waals surface area contributed by atoms with Crippen LogP contribution >= 0.6 is 0 Å². The average molecular weight is 382 g/mol. The molecule has 0 aliphatic carbocycles. The molecule has 0 aromatic carbocycles. The van der Waals surface area contributed by atoms with Crippen molar-refractivity contribution in [3.05, 3.63) is 46.6 Å². The number of pyridine rings is 2. The molecule has 2 N–H and O–H groups in total. The third-order valence-corrected chi connectivity index (χ3v) is 4.74. The number of fused-ring (bicyclic) bond motifs is 2. The highest BCUT2D eigenvalue weighted by molar-refractivity contribution is 5.95. The standard InChI is InChI=1S/C19H22N6O3/c1-3-4-12(2)21-18(26)13-9-15-17(20-11-13)24(7-8-28-15)14-5-6-25-16(10-14)22-23-19(25)27/h5-6,9-12H,3-4,7-8H2,1-2H3,(H,21,26)(H,23,27)/t12-/m1/s1. The van der Waals surface area contributed by atoms with Crippen LogP contribution in [0.2, 0.25) is 0 Å². The fraction of sp³-hybridized carbons (Fsp3) is 0.368. The molecule has 28 heavy (non-hydrogen) atoms. The van der Waals surface area contributed by atoms with Crippen molar-refractivity contribution in [2.45, 2.75) is 32.7 Å². The number of hydrogen-bond donors (Lipinski definition) is 2. The minimum atomic E-state index is -0.282. The Morgan fingerprint density at radius 2 is 2.29 bits per heavy atom. The lowest BCUT2D eigenvalue weighted by Crippen LogP contribution is -2.33. The second kappa shape index (κ2) is 7.34. The largest absolute Gasteiger partial charge is 0.488 e. The van der Waals surface area contributed by atoms with Gasteiger partial charge in [0.15, 0.2) is 17.2 Å². The highest BCUT2D eigenvalue weighted by atomic mass is 16.5. The quantitative estimate of drug-likeness (QED) is 0.698. The molecule has 4 rings (SSSR count). The van der Waals surface area contributed by atoms with Gasteiger partial charge in [-0.15, -0.1) is 0 Å². The van der Waals surface area contributed by atoms with Crippen LogP contribution in [0.1, 0.15) is 37.0 Å². The number of hydrogen-bond acceptors (Lipinski definition) is 6. The molecule has 0 bridgehead atoms. The Kier molecular flexibility index (Phi) is 4.72. The second-order valence-corrected chi connectivity index (χ2v) is 6.85. The normalized spacial score (nSPS) is 14.4. The lowest BCUT2D eigenvalue weighted by Gasteiger charge is -2.30. The molecule has 0 spiro atoms. The number of aromatic nitrogens is 4. The number of anilines is 2. The van der Waals surface area contributed by atoms with Crippen molar-refractivity contribution in [2.24, 2.45) is 0 Å². The van der Waals surface area contributed by atoms with Gasteiger partial charge in [-0.3, -0.25) is 9.20 Å². The van der Waals surface area contributed by atoms with E-state index in [9.17, 15) is 9.59 Å². The van der Waals surface area contributed by atoms with E-state index in [1.54, 1.807) is 18.5 Å². The van der Waals surface area contributed by atoms with Crippen LogP contribution in [0, 0.1) is 0 Å². The molecule has 0 unspecified atom stereocenters. The number of H-pyrrole nitrogens is 1. The summed E-state index contributed by atoms with van der Waals surface area (Å²) in [6, 6.07) is 5.46. The number of aromatic amines is 1. The lowest BCUT2D eigenvalue weighted by molar-refractivity contribution is 0.0937. The highest BCUT2D eigenvalue weighted by Crippen LogP contribution is 2.35. The van der Waals surface area contributed by atoms with E-state index >= 15 is 0 Å². The van der Waals surface area contributed by atoms with Crippen molar-refractivity contribution in [2.75, 3.05) is 18.1 Å². The smallest absolute Gasteiger partial charge is 0.347 e. The van der Waals surface area contributed by atoms with E-state index in [1.165, 1.54) is 4.40 Å². The molecular weight excluding hydrogens is 360 g/mol. The van der Waals surface area contributed by atoms with Gasteiger partial charge in [0.25, 0.3) is 5.91 Å². The van der Waals surface area contributed by atoms with Crippen LogP contribution in [-0.2, 0) is 0 Å². The van der Waals surface area contributed by atoms with Gasteiger partial charge in [0.1, 0.15) is 6.61 Å². The minimum absolute atomic E-state index is 0.106. The molecule has 9 nitrogen and oxygen atoms in total. The third-order valence-electron chi connectivity index (χ3n) is 4.74. The Balaban J connectivity index is 1.62. The van der Waals surface area contributed by atoms with E-state index in [2.05, 4.69) is 27.4 Å². The molecule has 0 saturated heterocycles. The number of carbonyl (C=O) groups is 1. The monoisotopic (exact) mass is 382 g/mol. The number of ether oxygens (including phenoxy) is 1. The van der Waals surface area contributed by atoms with Crippen molar-refractivity contribution >= 4 is 23.1 Å². The summed E-state index contributed by atoms with van der Waals surface area (Å²) in [5.41, 5.74) is 1.56. The van der Waals surface area contributed by atoms with Gasteiger partial charge >= 0.3 is 5.69 Å². The Hall–Kier alpha value is -3.36. The fourth-order valence-corrected chi connectivity index (χ4v) is 3.35. The van der Waals surface area contributed by atoms with Gasteiger partial charge < -0.3 is 15.0 Å².